The van der Waals surface area contributed by atoms with Crippen LogP contribution in [0.25, 0.3) is 0 Å². The molecule has 0 saturated heterocycles. The van der Waals surface area contributed by atoms with Crippen molar-refractivity contribution in [1.29, 1.82) is 0 Å². The molecule has 0 aliphatic carbocycles. The van der Waals surface area contributed by atoms with Crippen LogP contribution in [-0.2, 0) is 19.6 Å². The quantitative estimate of drug-likeness (QED) is 0.242. The third-order valence-corrected chi connectivity index (χ3v) is 6.07. The minimum Gasteiger partial charge on any atom is -0.489 e. The van der Waals surface area contributed by atoms with E-state index in [4.69, 9.17) is 4.74 Å². The van der Waals surface area contributed by atoms with E-state index >= 15 is 0 Å². The second kappa shape index (κ2) is 12.0. The van der Waals surface area contributed by atoms with Crippen molar-refractivity contribution < 1.29 is 9.53 Å². The average molecular weight is 450 g/mol. The number of rotatable bonds is 11. The smallest absolute Gasteiger partial charge is 0.179 e. The van der Waals surface area contributed by atoms with E-state index in [2.05, 4.69) is 41.3 Å². The summed E-state index contributed by atoms with van der Waals surface area (Å²) in [6.07, 6.45) is 0.859. The van der Waals surface area contributed by atoms with Gasteiger partial charge in [-0.05, 0) is 42.2 Å². The van der Waals surface area contributed by atoms with Gasteiger partial charge in [0.15, 0.2) is 5.78 Å². The summed E-state index contributed by atoms with van der Waals surface area (Å²) in [6, 6.07) is 38.2. The van der Waals surface area contributed by atoms with Gasteiger partial charge in [0, 0.05) is 18.7 Å². The summed E-state index contributed by atoms with van der Waals surface area (Å²) in [4.78, 5) is 15.4. The Morgan fingerprint density at radius 3 is 1.88 bits per heavy atom. The first-order valence-corrected chi connectivity index (χ1v) is 11.8. The molecule has 0 heterocycles. The Morgan fingerprint density at radius 1 is 0.706 bits per heavy atom. The molecule has 0 radical (unpaired) electrons. The van der Waals surface area contributed by atoms with Gasteiger partial charge >= 0.3 is 0 Å². The SMILES string of the molecule is CC(C(=O)c1ccccc1)N(CCc1ccc(OCc2ccccc2)cc1)Cc1ccccc1. The molecule has 4 aromatic carbocycles. The van der Waals surface area contributed by atoms with Gasteiger partial charge in [0.05, 0.1) is 6.04 Å². The van der Waals surface area contributed by atoms with Gasteiger partial charge in [-0.2, -0.15) is 0 Å². The number of benzene rings is 4. The van der Waals surface area contributed by atoms with Crippen LogP contribution in [0.2, 0.25) is 0 Å². The van der Waals surface area contributed by atoms with Crippen molar-refractivity contribution in [3.63, 3.8) is 0 Å². The number of ketones is 1. The Bertz CT molecular complexity index is 1140. The van der Waals surface area contributed by atoms with Crippen molar-refractivity contribution in [2.75, 3.05) is 6.54 Å². The van der Waals surface area contributed by atoms with Crippen LogP contribution in [-0.4, -0.2) is 23.3 Å². The third kappa shape index (κ3) is 6.66. The van der Waals surface area contributed by atoms with E-state index in [1.54, 1.807) is 0 Å². The van der Waals surface area contributed by atoms with Gasteiger partial charge < -0.3 is 4.74 Å². The molecular formula is C31H31NO2. The largest absolute Gasteiger partial charge is 0.489 e. The van der Waals surface area contributed by atoms with Crippen molar-refractivity contribution in [2.45, 2.75) is 32.5 Å². The first-order valence-electron chi connectivity index (χ1n) is 11.8. The topological polar surface area (TPSA) is 29.5 Å². The molecule has 0 fully saturated rings. The molecule has 0 amide bonds. The summed E-state index contributed by atoms with van der Waals surface area (Å²) in [5, 5.41) is 0. The molecule has 0 aliphatic heterocycles. The van der Waals surface area contributed by atoms with E-state index < -0.39 is 0 Å². The lowest BCUT2D eigenvalue weighted by Crippen LogP contribution is -2.40. The normalized spacial score (nSPS) is 11.8. The molecule has 34 heavy (non-hydrogen) atoms. The predicted octanol–water partition coefficient (Wildman–Crippen LogP) is 6.58. The van der Waals surface area contributed by atoms with E-state index in [1.165, 1.54) is 11.1 Å². The first-order chi connectivity index (χ1) is 16.7. The number of carbonyl (C=O) groups is 1. The number of nitrogens with zero attached hydrogens (tertiary/aromatic N) is 1. The number of ether oxygens (including phenoxy) is 1. The summed E-state index contributed by atoms with van der Waals surface area (Å²) in [5.41, 5.74) is 4.34. The molecule has 4 aromatic rings. The van der Waals surface area contributed by atoms with Crippen LogP contribution in [0, 0.1) is 0 Å². The number of hydrogen-bond donors (Lipinski definition) is 0. The molecule has 1 unspecified atom stereocenters. The third-order valence-electron chi connectivity index (χ3n) is 6.07. The molecule has 0 aromatic heterocycles. The lowest BCUT2D eigenvalue weighted by atomic mass is 10.0. The molecule has 172 valence electrons. The molecule has 3 heteroatoms. The Hall–Kier alpha value is -3.69. The van der Waals surface area contributed by atoms with Crippen molar-refractivity contribution >= 4 is 5.78 Å². The van der Waals surface area contributed by atoms with Crippen LogP contribution >= 0.6 is 0 Å². The van der Waals surface area contributed by atoms with Crippen LogP contribution in [0.5, 0.6) is 5.75 Å². The highest BCUT2D eigenvalue weighted by Gasteiger charge is 2.22. The minimum atomic E-state index is -0.212. The van der Waals surface area contributed by atoms with E-state index in [0.717, 1.165) is 36.4 Å². The summed E-state index contributed by atoms with van der Waals surface area (Å²) < 4.78 is 5.92. The highest BCUT2D eigenvalue weighted by molar-refractivity contribution is 5.99. The van der Waals surface area contributed by atoms with Gasteiger partial charge in [-0.3, -0.25) is 9.69 Å². The van der Waals surface area contributed by atoms with Crippen LogP contribution < -0.4 is 4.74 Å². The lowest BCUT2D eigenvalue weighted by Gasteiger charge is -2.28. The van der Waals surface area contributed by atoms with Gasteiger partial charge in [-0.15, -0.1) is 0 Å². The monoisotopic (exact) mass is 449 g/mol. The zero-order valence-electron chi connectivity index (χ0n) is 19.6. The molecule has 0 saturated carbocycles. The highest BCUT2D eigenvalue weighted by Crippen LogP contribution is 2.17. The predicted molar refractivity (Wildman–Crippen MR) is 138 cm³/mol. The molecule has 0 bridgehead atoms. The highest BCUT2D eigenvalue weighted by atomic mass is 16.5. The number of Topliss-reactive ketones (excluding diaryl/α,β-unsaturated/α-hetero) is 1. The Labute approximate surface area is 202 Å². The van der Waals surface area contributed by atoms with E-state index in [9.17, 15) is 4.79 Å². The zero-order valence-corrected chi connectivity index (χ0v) is 19.6. The van der Waals surface area contributed by atoms with Gasteiger partial charge in [0.2, 0.25) is 0 Å². The molecule has 0 N–H and O–H groups in total. The fourth-order valence-corrected chi connectivity index (χ4v) is 4.00. The minimum absolute atomic E-state index is 0.154. The summed E-state index contributed by atoms with van der Waals surface area (Å²) in [5.74, 6) is 1.02. The van der Waals surface area contributed by atoms with Crippen LogP contribution in [0.4, 0.5) is 0 Å². The van der Waals surface area contributed by atoms with Crippen molar-refractivity contribution in [2.24, 2.45) is 0 Å². The van der Waals surface area contributed by atoms with Crippen LogP contribution in [0.15, 0.2) is 115 Å². The zero-order chi connectivity index (χ0) is 23.6. The van der Waals surface area contributed by atoms with Gasteiger partial charge in [0.25, 0.3) is 0 Å². The maximum absolute atomic E-state index is 13.2. The first kappa shape index (κ1) is 23.5. The van der Waals surface area contributed by atoms with E-state index in [0.29, 0.717) is 6.61 Å². The number of carbonyl (C=O) groups excluding carboxylic acids is 1. The van der Waals surface area contributed by atoms with Gasteiger partial charge in [-0.25, -0.2) is 0 Å². The lowest BCUT2D eigenvalue weighted by molar-refractivity contribution is 0.0829. The van der Waals surface area contributed by atoms with E-state index in [-0.39, 0.29) is 11.8 Å². The fraction of sp³-hybridized carbons (Fsp3) is 0.194. The molecule has 4 rings (SSSR count). The van der Waals surface area contributed by atoms with E-state index in [1.807, 2.05) is 85.8 Å². The summed E-state index contributed by atoms with van der Waals surface area (Å²) in [6.45, 7) is 4.10. The maximum atomic E-state index is 13.2. The molecule has 0 aliphatic rings. The Balaban J connectivity index is 1.40. The van der Waals surface area contributed by atoms with Crippen molar-refractivity contribution in [3.8, 4) is 5.75 Å². The second-order valence-corrected chi connectivity index (χ2v) is 8.53. The van der Waals surface area contributed by atoms with Crippen LogP contribution in [0.1, 0.15) is 34.0 Å². The van der Waals surface area contributed by atoms with Crippen molar-refractivity contribution in [3.05, 3.63) is 138 Å². The molecular weight excluding hydrogens is 418 g/mol. The number of hydrogen-bond acceptors (Lipinski definition) is 3. The standard InChI is InChI=1S/C31H31NO2/c1-25(31(33)29-15-9-4-10-16-29)32(23-27-11-5-2-6-12-27)22-21-26-17-19-30(20-18-26)34-24-28-13-7-3-8-14-28/h2-20,25H,21-24H2,1H3. The summed E-state index contributed by atoms with van der Waals surface area (Å²) >= 11 is 0. The van der Waals surface area contributed by atoms with Crippen molar-refractivity contribution in [1.82, 2.24) is 4.90 Å². The fourth-order valence-electron chi connectivity index (χ4n) is 4.00. The molecule has 0 spiro atoms. The maximum Gasteiger partial charge on any atom is 0.179 e. The molecule has 1 atom stereocenters. The Morgan fingerprint density at radius 2 is 1.26 bits per heavy atom. The summed E-state index contributed by atoms with van der Waals surface area (Å²) in [7, 11) is 0. The molecule has 3 nitrogen and oxygen atoms in total. The Kier molecular flexibility index (Phi) is 8.26. The van der Waals surface area contributed by atoms with Gasteiger partial charge in [-0.1, -0.05) is 103 Å². The average Bonchev–Trinajstić information content (AvgIpc) is 2.91. The van der Waals surface area contributed by atoms with Gasteiger partial charge in [0.1, 0.15) is 12.4 Å². The van der Waals surface area contributed by atoms with Crippen LogP contribution in [0.3, 0.4) is 0 Å². The second-order valence-electron chi connectivity index (χ2n) is 8.53.